The van der Waals surface area contributed by atoms with E-state index in [2.05, 4.69) is 25.8 Å². The zero-order chi connectivity index (χ0) is 19.4. The number of hydrogen-bond donors (Lipinski definition) is 2. The van der Waals surface area contributed by atoms with Gasteiger partial charge in [0.25, 0.3) is 5.91 Å². The molecule has 140 valence electrons. The number of tetrazole rings is 1. The first-order chi connectivity index (χ1) is 13.0. The van der Waals surface area contributed by atoms with Gasteiger partial charge in [0, 0.05) is 29.8 Å². The number of aromatic nitrogens is 5. The summed E-state index contributed by atoms with van der Waals surface area (Å²) >= 11 is 5.93. The van der Waals surface area contributed by atoms with Gasteiger partial charge in [0.2, 0.25) is 0 Å². The predicted molar refractivity (Wildman–Crippen MR) is 101 cm³/mol. The van der Waals surface area contributed by atoms with Gasteiger partial charge in [0.15, 0.2) is 5.82 Å². The van der Waals surface area contributed by atoms with Gasteiger partial charge in [-0.1, -0.05) is 18.5 Å². The lowest BCUT2D eigenvalue weighted by Crippen LogP contribution is -2.35. The Morgan fingerprint density at radius 3 is 2.81 bits per heavy atom. The van der Waals surface area contributed by atoms with Crippen LogP contribution in [0, 0.1) is 0 Å². The molecule has 1 atom stereocenters. The first-order valence-corrected chi connectivity index (χ1v) is 8.86. The minimum absolute atomic E-state index is 0.149. The molecule has 0 aliphatic heterocycles. The highest BCUT2D eigenvalue weighted by Crippen LogP contribution is 2.24. The third-order valence-electron chi connectivity index (χ3n) is 3.95. The van der Waals surface area contributed by atoms with Crippen molar-refractivity contribution in [1.82, 2.24) is 30.5 Å². The van der Waals surface area contributed by atoms with E-state index < -0.39 is 0 Å². The predicted octanol–water partition coefficient (Wildman–Crippen LogP) is 2.05. The summed E-state index contributed by atoms with van der Waals surface area (Å²) in [5, 5.41) is 24.2. The Morgan fingerprint density at radius 1 is 1.33 bits per heavy atom. The maximum absolute atomic E-state index is 12.6. The summed E-state index contributed by atoms with van der Waals surface area (Å²) < 4.78 is 1.59. The minimum atomic E-state index is -0.363. The van der Waals surface area contributed by atoms with Crippen LogP contribution in [-0.4, -0.2) is 48.9 Å². The number of benzene rings is 1. The van der Waals surface area contributed by atoms with Gasteiger partial charge >= 0.3 is 0 Å². The summed E-state index contributed by atoms with van der Waals surface area (Å²) in [5.41, 5.74) is 2.45. The molecule has 2 N–H and O–H groups in total. The molecule has 2 aromatic heterocycles. The fourth-order valence-electron chi connectivity index (χ4n) is 2.54. The third-order valence-corrected chi connectivity index (χ3v) is 4.17. The van der Waals surface area contributed by atoms with Crippen LogP contribution >= 0.6 is 11.6 Å². The average Bonchev–Trinajstić information content (AvgIpc) is 3.17. The van der Waals surface area contributed by atoms with Crippen molar-refractivity contribution in [3.05, 3.63) is 52.9 Å². The summed E-state index contributed by atoms with van der Waals surface area (Å²) in [4.78, 5) is 16.9. The number of pyridine rings is 1. The van der Waals surface area contributed by atoms with Crippen LogP contribution in [0.5, 0.6) is 0 Å². The summed E-state index contributed by atoms with van der Waals surface area (Å²) in [6, 6.07) is 8.44. The molecule has 9 heteroatoms. The summed E-state index contributed by atoms with van der Waals surface area (Å²) in [6.07, 6.45) is 2.19. The van der Waals surface area contributed by atoms with Crippen LogP contribution in [0.4, 0.5) is 0 Å². The van der Waals surface area contributed by atoms with Crippen molar-refractivity contribution < 1.29 is 9.90 Å². The van der Waals surface area contributed by atoms with E-state index in [1.165, 1.54) is 0 Å². The largest absolute Gasteiger partial charge is 0.394 e. The SMILES string of the molecule is CCc1nnnn1-c1cc(C(=O)NC(C)CO)cc(-c2ccc(Cl)cn2)c1. The van der Waals surface area contributed by atoms with E-state index in [9.17, 15) is 9.90 Å². The summed E-state index contributed by atoms with van der Waals surface area (Å²) in [5.74, 6) is 0.367. The number of aryl methyl sites for hydroxylation is 1. The van der Waals surface area contributed by atoms with Crippen molar-refractivity contribution in [2.45, 2.75) is 26.3 Å². The molecule has 3 rings (SSSR count). The van der Waals surface area contributed by atoms with Gasteiger partial charge in [0.05, 0.1) is 23.0 Å². The van der Waals surface area contributed by atoms with Crippen LogP contribution < -0.4 is 5.32 Å². The molecule has 8 nitrogen and oxygen atoms in total. The molecule has 2 heterocycles. The van der Waals surface area contributed by atoms with Gasteiger partial charge in [-0.2, -0.15) is 4.68 Å². The number of halogens is 1. The first-order valence-electron chi connectivity index (χ1n) is 8.48. The zero-order valence-corrected chi connectivity index (χ0v) is 15.7. The molecule has 0 radical (unpaired) electrons. The smallest absolute Gasteiger partial charge is 0.251 e. The molecule has 0 saturated carbocycles. The summed E-state index contributed by atoms with van der Waals surface area (Å²) in [6.45, 7) is 3.52. The quantitative estimate of drug-likeness (QED) is 0.671. The van der Waals surface area contributed by atoms with Gasteiger partial charge < -0.3 is 10.4 Å². The topological polar surface area (TPSA) is 106 Å². The van der Waals surface area contributed by atoms with Crippen molar-refractivity contribution >= 4 is 17.5 Å². The van der Waals surface area contributed by atoms with Crippen LogP contribution in [-0.2, 0) is 6.42 Å². The Morgan fingerprint density at radius 2 is 2.15 bits per heavy atom. The number of hydrogen-bond acceptors (Lipinski definition) is 6. The second-order valence-electron chi connectivity index (χ2n) is 6.05. The van der Waals surface area contributed by atoms with Crippen LogP contribution in [0.2, 0.25) is 5.02 Å². The maximum Gasteiger partial charge on any atom is 0.251 e. The van der Waals surface area contributed by atoms with E-state index in [1.807, 2.05) is 13.0 Å². The number of carbonyl (C=O) groups is 1. The average molecular weight is 387 g/mol. The number of rotatable bonds is 6. The molecule has 0 spiro atoms. The lowest BCUT2D eigenvalue weighted by molar-refractivity contribution is 0.0922. The Hall–Kier alpha value is -2.84. The molecule has 3 aromatic rings. The highest BCUT2D eigenvalue weighted by molar-refractivity contribution is 6.30. The van der Waals surface area contributed by atoms with Crippen LogP contribution in [0.15, 0.2) is 36.5 Å². The number of nitrogens with zero attached hydrogens (tertiary/aromatic N) is 5. The lowest BCUT2D eigenvalue weighted by atomic mass is 10.0. The van der Waals surface area contributed by atoms with Gasteiger partial charge in [-0.3, -0.25) is 9.78 Å². The standard InChI is InChI=1S/C18H19ClN6O2/c1-3-17-22-23-24-25(17)15-7-12(16-5-4-14(19)9-20-16)6-13(8-15)18(27)21-11(2)10-26/h4-9,11,26H,3,10H2,1-2H3,(H,21,27). The number of aliphatic hydroxyl groups is 1. The van der Waals surface area contributed by atoms with E-state index in [4.69, 9.17) is 11.6 Å². The normalized spacial score (nSPS) is 12.0. The second-order valence-corrected chi connectivity index (χ2v) is 6.48. The molecule has 0 aliphatic rings. The van der Waals surface area contributed by atoms with Gasteiger partial charge in [0.1, 0.15) is 0 Å². The van der Waals surface area contributed by atoms with Crippen LogP contribution in [0.3, 0.4) is 0 Å². The monoisotopic (exact) mass is 386 g/mol. The molecule has 1 aromatic carbocycles. The van der Waals surface area contributed by atoms with Crippen molar-refractivity contribution in [3.63, 3.8) is 0 Å². The molecule has 0 bridgehead atoms. The Kier molecular flexibility index (Phi) is 5.78. The molecule has 0 fully saturated rings. The number of nitrogens with one attached hydrogen (secondary N) is 1. The lowest BCUT2D eigenvalue weighted by Gasteiger charge is -2.13. The Bertz CT molecular complexity index is 941. The van der Waals surface area contributed by atoms with E-state index in [1.54, 1.807) is 42.1 Å². The molecule has 1 unspecified atom stereocenters. The van der Waals surface area contributed by atoms with Crippen molar-refractivity contribution in [2.24, 2.45) is 0 Å². The second kappa shape index (κ2) is 8.24. The maximum atomic E-state index is 12.6. The highest BCUT2D eigenvalue weighted by atomic mass is 35.5. The minimum Gasteiger partial charge on any atom is -0.394 e. The van der Waals surface area contributed by atoms with E-state index in [-0.39, 0.29) is 18.6 Å². The molecular formula is C18H19ClN6O2. The molecular weight excluding hydrogens is 368 g/mol. The molecule has 0 aliphatic carbocycles. The third kappa shape index (κ3) is 4.29. The van der Waals surface area contributed by atoms with E-state index in [0.29, 0.717) is 34.2 Å². The highest BCUT2D eigenvalue weighted by Gasteiger charge is 2.15. The van der Waals surface area contributed by atoms with Crippen molar-refractivity contribution in [1.29, 1.82) is 0 Å². The van der Waals surface area contributed by atoms with E-state index >= 15 is 0 Å². The fraction of sp³-hybridized carbons (Fsp3) is 0.278. The Labute approximate surface area is 161 Å². The van der Waals surface area contributed by atoms with Crippen molar-refractivity contribution in [2.75, 3.05) is 6.61 Å². The molecule has 27 heavy (non-hydrogen) atoms. The number of carbonyl (C=O) groups excluding carboxylic acids is 1. The van der Waals surface area contributed by atoms with Gasteiger partial charge in [-0.25, -0.2) is 0 Å². The Balaban J connectivity index is 2.10. The molecule has 0 saturated heterocycles. The van der Waals surface area contributed by atoms with E-state index in [0.717, 1.165) is 5.56 Å². The van der Waals surface area contributed by atoms with Gasteiger partial charge in [-0.15, -0.1) is 5.10 Å². The van der Waals surface area contributed by atoms with Gasteiger partial charge in [-0.05, 0) is 47.7 Å². The van der Waals surface area contributed by atoms with Crippen LogP contribution in [0.1, 0.15) is 30.0 Å². The first kappa shape index (κ1) is 18.9. The number of amides is 1. The van der Waals surface area contributed by atoms with Crippen molar-refractivity contribution in [3.8, 4) is 16.9 Å². The fourth-order valence-corrected chi connectivity index (χ4v) is 2.65. The van der Waals surface area contributed by atoms with Crippen LogP contribution in [0.25, 0.3) is 16.9 Å². The zero-order valence-electron chi connectivity index (χ0n) is 14.9. The molecule has 1 amide bonds. The number of aliphatic hydroxyl groups excluding tert-OH is 1. The summed E-state index contributed by atoms with van der Waals surface area (Å²) in [7, 11) is 0.